The summed E-state index contributed by atoms with van der Waals surface area (Å²) in [6.07, 6.45) is -0.254. The van der Waals surface area contributed by atoms with E-state index in [0.717, 1.165) is 11.3 Å². The van der Waals surface area contributed by atoms with Crippen LogP contribution in [0.4, 0.5) is 0 Å². The molecule has 1 aliphatic heterocycles. The maximum absolute atomic E-state index is 5.62. The molecule has 1 aliphatic rings. The monoisotopic (exact) mass is 223 g/mol. The lowest BCUT2D eigenvalue weighted by atomic mass is 10.2. The number of methoxy groups -OCH3 is 1. The van der Waals surface area contributed by atoms with Crippen molar-refractivity contribution in [3.63, 3.8) is 0 Å². The third kappa shape index (κ3) is 2.52. The molecule has 0 bridgehead atoms. The molecule has 1 N–H and O–H groups in total. The van der Waals surface area contributed by atoms with Crippen molar-refractivity contribution in [3.8, 4) is 5.75 Å². The van der Waals surface area contributed by atoms with Gasteiger partial charge < -0.3 is 19.5 Å². The van der Waals surface area contributed by atoms with Crippen LogP contribution < -0.4 is 10.1 Å². The van der Waals surface area contributed by atoms with Crippen LogP contribution >= 0.6 is 0 Å². The third-order valence-corrected chi connectivity index (χ3v) is 2.69. The lowest BCUT2D eigenvalue weighted by Crippen LogP contribution is -2.40. The summed E-state index contributed by atoms with van der Waals surface area (Å²) in [5, 5.41) is 3.12. The minimum Gasteiger partial charge on any atom is -0.497 e. The van der Waals surface area contributed by atoms with Crippen LogP contribution in [0.5, 0.6) is 5.75 Å². The fourth-order valence-electron chi connectivity index (χ4n) is 1.62. The molecule has 88 valence electrons. The predicted molar refractivity (Wildman–Crippen MR) is 60.5 cm³/mol. The second-order valence-corrected chi connectivity index (χ2v) is 3.76. The molecule has 0 aliphatic carbocycles. The van der Waals surface area contributed by atoms with Gasteiger partial charge in [0.25, 0.3) is 0 Å². The summed E-state index contributed by atoms with van der Waals surface area (Å²) in [5.41, 5.74) is 1.02. The summed E-state index contributed by atoms with van der Waals surface area (Å²) in [5.74, 6) is 0.840. The lowest BCUT2D eigenvalue weighted by molar-refractivity contribution is -0.193. The van der Waals surface area contributed by atoms with E-state index in [4.69, 9.17) is 14.2 Å². The van der Waals surface area contributed by atoms with Crippen LogP contribution in [0.25, 0.3) is 0 Å². The summed E-state index contributed by atoms with van der Waals surface area (Å²) in [6, 6.07) is 8.03. The zero-order chi connectivity index (χ0) is 11.4. The van der Waals surface area contributed by atoms with Crippen molar-refractivity contribution in [2.75, 3.05) is 27.4 Å². The highest BCUT2D eigenvalue weighted by Crippen LogP contribution is 2.24. The van der Waals surface area contributed by atoms with Gasteiger partial charge in [0.15, 0.2) is 6.29 Å². The summed E-state index contributed by atoms with van der Waals surface area (Å²) < 4.78 is 16.3. The quantitative estimate of drug-likeness (QED) is 0.839. The maximum atomic E-state index is 5.62. The van der Waals surface area contributed by atoms with Crippen molar-refractivity contribution >= 4 is 0 Å². The van der Waals surface area contributed by atoms with Gasteiger partial charge >= 0.3 is 0 Å². The molecular weight excluding hydrogens is 206 g/mol. The van der Waals surface area contributed by atoms with Crippen LogP contribution in [0.15, 0.2) is 24.3 Å². The number of ether oxygens (including phenoxy) is 3. The number of hydrogen-bond acceptors (Lipinski definition) is 4. The molecule has 1 saturated heterocycles. The highest BCUT2D eigenvalue weighted by Gasteiger charge is 2.22. The number of rotatable bonds is 3. The lowest BCUT2D eigenvalue weighted by Gasteiger charge is -2.29. The minimum atomic E-state index is -0.254. The molecule has 0 saturated carbocycles. The van der Waals surface area contributed by atoms with Gasteiger partial charge in [-0.25, -0.2) is 0 Å². The SMILES string of the molecule is CNC1COC(c2ccc(OC)cc2)OC1. The number of nitrogens with one attached hydrogen (secondary N) is 1. The molecule has 0 unspecified atom stereocenters. The second kappa shape index (κ2) is 5.30. The Kier molecular flexibility index (Phi) is 3.77. The smallest absolute Gasteiger partial charge is 0.183 e. The highest BCUT2D eigenvalue weighted by molar-refractivity contribution is 5.27. The number of likely N-dealkylation sites (N-methyl/N-ethyl adjacent to an activating group) is 1. The van der Waals surface area contributed by atoms with Gasteiger partial charge in [-0.05, 0) is 19.2 Å². The fraction of sp³-hybridized carbons (Fsp3) is 0.500. The number of hydrogen-bond donors (Lipinski definition) is 1. The van der Waals surface area contributed by atoms with Crippen LogP contribution in [-0.4, -0.2) is 33.4 Å². The summed E-state index contributed by atoms with van der Waals surface area (Å²) >= 11 is 0. The van der Waals surface area contributed by atoms with E-state index >= 15 is 0 Å². The average Bonchev–Trinajstić information content (AvgIpc) is 2.39. The van der Waals surface area contributed by atoms with E-state index in [2.05, 4.69) is 5.32 Å². The van der Waals surface area contributed by atoms with Gasteiger partial charge in [0.2, 0.25) is 0 Å². The Morgan fingerprint density at radius 1 is 1.19 bits per heavy atom. The Balaban J connectivity index is 1.97. The van der Waals surface area contributed by atoms with Gasteiger partial charge in [0.1, 0.15) is 5.75 Å². The van der Waals surface area contributed by atoms with Gasteiger partial charge in [-0.2, -0.15) is 0 Å². The van der Waals surface area contributed by atoms with Crippen LogP contribution in [0.1, 0.15) is 11.9 Å². The van der Waals surface area contributed by atoms with Crippen LogP contribution in [-0.2, 0) is 9.47 Å². The second-order valence-electron chi connectivity index (χ2n) is 3.76. The third-order valence-electron chi connectivity index (χ3n) is 2.69. The van der Waals surface area contributed by atoms with E-state index in [1.54, 1.807) is 7.11 Å². The first-order valence-corrected chi connectivity index (χ1v) is 5.38. The molecule has 0 amide bonds. The standard InChI is InChI=1S/C12H17NO3/c1-13-10-7-15-12(16-8-10)9-3-5-11(14-2)6-4-9/h3-6,10,12-13H,7-8H2,1-2H3. The van der Waals surface area contributed by atoms with Gasteiger partial charge in [-0.1, -0.05) is 12.1 Å². The predicted octanol–water partition coefficient (Wildman–Crippen LogP) is 1.33. The molecule has 16 heavy (non-hydrogen) atoms. The van der Waals surface area contributed by atoms with E-state index in [1.807, 2.05) is 31.3 Å². The van der Waals surface area contributed by atoms with Crippen LogP contribution in [0, 0.1) is 0 Å². The highest BCUT2D eigenvalue weighted by atomic mass is 16.7. The van der Waals surface area contributed by atoms with Gasteiger partial charge in [-0.3, -0.25) is 0 Å². The van der Waals surface area contributed by atoms with Crippen LogP contribution in [0.2, 0.25) is 0 Å². The van der Waals surface area contributed by atoms with Crippen molar-refractivity contribution in [2.45, 2.75) is 12.3 Å². The topological polar surface area (TPSA) is 39.7 Å². The molecule has 1 aromatic carbocycles. The summed E-state index contributed by atoms with van der Waals surface area (Å²) in [4.78, 5) is 0. The van der Waals surface area contributed by atoms with Gasteiger partial charge in [0, 0.05) is 5.56 Å². The molecule has 1 heterocycles. The van der Waals surface area contributed by atoms with Crippen molar-refractivity contribution in [3.05, 3.63) is 29.8 Å². The van der Waals surface area contributed by atoms with Gasteiger partial charge in [0.05, 0.1) is 26.4 Å². The van der Waals surface area contributed by atoms with Crippen molar-refractivity contribution in [1.82, 2.24) is 5.32 Å². The summed E-state index contributed by atoms with van der Waals surface area (Å²) in [6.45, 7) is 1.35. The first-order valence-electron chi connectivity index (χ1n) is 5.38. The zero-order valence-electron chi connectivity index (χ0n) is 9.60. The largest absolute Gasteiger partial charge is 0.497 e. The van der Waals surface area contributed by atoms with E-state index < -0.39 is 0 Å². The maximum Gasteiger partial charge on any atom is 0.183 e. The molecular formula is C12H17NO3. The Morgan fingerprint density at radius 3 is 2.31 bits per heavy atom. The number of benzene rings is 1. The molecule has 4 heteroatoms. The van der Waals surface area contributed by atoms with Crippen molar-refractivity contribution < 1.29 is 14.2 Å². The normalized spacial score (nSPS) is 25.4. The molecule has 4 nitrogen and oxygen atoms in total. The molecule has 0 aromatic heterocycles. The van der Waals surface area contributed by atoms with E-state index in [-0.39, 0.29) is 12.3 Å². The first-order chi connectivity index (χ1) is 7.83. The van der Waals surface area contributed by atoms with Crippen molar-refractivity contribution in [1.29, 1.82) is 0 Å². The zero-order valence-corrected chi connectivity index (χ0v) is 9.60. The Hall–Kier alpha value is -1.10. The minimum absolute atomic E-state index is 0.254. The molecule has 1 aromatic rings. The molecule has 0 spiro atoms. The van der Waals surface area contributed by atoms with E-state index in [1.165, 1.54) is 0 Å². The Bertz CT molecular complexity index is 318. The van der Waals surface area contributed by atoms with Crippen LogP contribution in [0.3, 0.4) is 0 Å². The van der Waals surface area contributed by atoms with E-state index in [0.29, 0.717) is 13.2 Å². The van der Waals surface area contributed by atoms with Gasteiger partial charge in [-0.15, -0.1) is 0 Å². The van der Waals surface area contributed by atoms with Crippen molar-refractivity contribution in [2.24, 2.45) is 0 Å². The molecule has 0 atom stereocenters. The Morgan fingerprint density at radius 2 is 1.81 bits per heavy atom. The first kappa shape index (κ1) is 11.4. The summed E-state index contributed by atoms with van der Waals surface area (Å²) in [7, 11) is 3.56. The molecule has 0 radical (unpaired) electrons. The van der Waals surface area contributed by atoms with E-state index in [9.17, 15) is 0 Å². The fourth-order valence-corrected chi connectivity index (χ4v) is 1.62. The Labute approximate surface area is 95.5 Å². The molecule has 2 rings (SSSR count). The molecule has 1 fully saturated rings. The average molecular weight is 223 g/mol.